The average molecular weight is 443 g/mol. The minimum Gasteiger partial charge on any atom is -0.347 e. The summed E-state index contributed by atoms with van der Waals surface area (Å²) in [7, 11) is 3.51. The van der Waals surface area contributed by atoms with Crippen LogP contribution in [0.2, 0.25) is 0 Å². The number of nitrogens with one attached hydrogen (secondary N) is 1. The first-order chi connectivity index (χ1) is 15.5. The van der Waals surface area contributed by atoms with E-state index >= 15 is 0 Å². The van der Waals surface area contributed by atoms with Gasteiger partial charge < -0.3 is 20.0 Å². The summed E-state index contributed by atoms with van der Waals surface area (Å²) in [6.45, 7) is 6.27. The Kier molecular flexibility index (Phi) is 9.34. The summed E-state index contributed by atoms with van der Waals surface area (Å²) in [5, 5.41) is 3.25. The van der Waals surface area contributed by atoms with Gasteiger partial charge in [-0.05, 0) is 18.4 Å². The monoisotopic (exact) mass is 442 g/mol. The lowest BCUT2D eigenvalue weighted by molar-refractivity contribution is -0.132. The number of benzene rings is 1. The van der Waals surface area contributed by atoms with Crippen molar-refractivity contribution in [2.75, 3.05) is 66.5 Å². The first-order valence-electron chi connectivity index (χ1n) is 11.8. The third kappa shape index (κ3) is 7.51. The Labute approximate surface area is 192 Å². The number of aliphatic imine (C=N–C) groups is 1. The Balaban J connectivity index is 1.55. The van der Waals surface area contributed by atoms with E-state index in [-0.39, 0.29) is 18.4 Å². The van der Waals surface area contributed by atoms with Crippen molar-refractivity contribution in [3.05, 3.63) is 35.9 Å². The highest BCUT2D eigenvalue weighted by atomic mass is 16.2. The van der Waals surface area contributed by atoms with E-state index in [1.165, 1.54) is 12.8 Å². The van der Waals surface area contributed by atoms with Crippen LogP contribution in [0.5, 0.6) is 0 Å². The second-order valence-corrected chi connectivity index (χ2v) is 8.83. The minimum absolute atomic E-state index is 0.0130. The van der Waals surface area contributed by atoms with Crippen LogP contribution < -0.4 is 5.32 Å². The first-order valence-corrected chi connectivity index (χ1v) is 11.8. The minimum atomic E-state index is 0.0130. The lowest BCUT2D eigenvalue weighted by Gasteiger charge is -2.37. The van der Waals surface area contributed by atoms with Gasteiger partial charge in [-0.15, -0.1) is 0 Å². The second-order valence-electron chi connectivity index (χ2n) is 8.83. The summed E-state index contributed by atoms with van der Waals surface area (Å²) in [5.74, 6) is 1.02. The van der Waals surface area contributed by atoms with Crippen molar-refractivity contribution < 1.29 is 9.59 Å². The normalized spacial score (nSPS) is 18.2. The molecule has 1 aromatic carbocycles. The van der Waals surface area contributed by atoms with Crippen molar-refractivity contribution in [2.45, 2.75) is 32.2 Å². The van der Waals surface area contributed by atoms with Crippen molar-refractivity contribution in [3.63, 3.8) is 0 Å². The molecule has 176 valence electrons. The van der Waals surface area contributed by atoms with Gasteiger partial charge in [0.25, 0.3) is 0 Å². The van der Waals surface area contributed by atoms with Gasteiger partial charge in [0.1, 0.15) is 0 Å². The maximum Gasteiger partial charge on any atom is 0.241 e. The molecule has 1 N–H and O–H groups in total. The van der Waals surface area contributed by atoms with Crippen molar-refractivity contribution >= 4 is 17.8 Å². The fourth-order valence-corrected chi connectivity index (χ4v) is 4.06. The molecular formula is C24H38N6O2. The highest BCUT2D eigenvalue weighted by Gasteiger charge is 2.24. The number of carbonyl (C=O) groups excluding carboxylic acids is 2. The standard InChI is InChI=1S/C24H38N6O2/c1-27(2)22(31)19-26-24(25-18-21-10-6-5-7-11-21)30-16-14-28(15-17-30)20-23(32)29-12-8-3-4-9-13-29/h5-7,10-11H,3-4,8-9,12-20H2,1-2H3,(H,25,26). The smallest absolute Gasteiger partial charge is 0.241 e. The van der Waals surface area contributed by atoms with Gasteiger partial charge in [0.2, 0.25) is 11.8 Å². The molecule has 1 aromatic rings. The van der Waals surface area contributed by atoms with Crippen molar-refractivity contribution in [1.29, 1.82) is 0 Å². The quantitative estimate of drug-likeness (QED) is 0.530. The van der Waals surface area contributed by atoms with E-state index in [1.54, 1.807) is 19.0 Å². The van der Waals surface area contributed by atoms with Gasteiger partial charge in [0.05, 0.1) is 19.6 Å². The Morgan fingerprint density at radius 3 is 2.19 bits per heavy atom. The van der Waals surface area contributed by atoms with Crippen LogP contribution in [0.1, 0.15) is 31.2 Å². The molecule has 2 amide bonds. The number of likely N-dealkylation sites (tertiary alicyclic amines) is 1. The van der Waals surface area contributed by atoms with Gasteiger partial charge in [-0.3, -0.25) is 14.5 Å². The molecule has 8 heteroatoms. The third-order valence-corrected chi connectivity index (χ3v) is 6.14. The van der Waals surface area contributed by atoms with Crippen LogP contribution >= 0.6 is 0 Å². The Bertz CT molecular complexity index is 751. The number of rotatable bonds is 6. The molecule has 3 rings (SSSR count). The highest BCUT2D eigenvalue weighted by molar-refractivity contribution is 5.86. The topological polar surface area (TPSA) is 71.5 Å². The van der Waals surface area contributed by atoms with Crippen molar-refractivity contribution in [1.82, 2.24) is 24.9 Å². The zero-order valence-electron chi connectivity index (χ0n) is 19.6. The number of hydrogen-bond acceptors (Lipinski definition) is 4. The molecule has 0 radical (unpaired) electrons. The zero-order valence-corrected chi connectivity index (χ0v) is 19.6. The predicted molar refractivity (Wildman–Crippen MR) is 127 cm³/mol. The summed E-state index contributed by atoms with van der Waals surface area (Å²) < 4.78 is 0. The van der Waals surface area contributed by atoms with Crippen molar-refractivity contribution in [2.24, 2.45) is 4.99 Å². The molecule has 2 saturated heterocycles. The molecule has 2 fully saturated rings. The number of nitrogens with zero attached hydrogens (tertiary/aromatic N) is 5. The predicted octanol–water partition coefficient (Wildman–Crippen LogP) is 1.24. The molecule has 0 aliphatic carbocycles. The summed E-state index contributed by atoms with van der Waals surface area (Å²) in [5.41, 5.74) is 1.13. The van der Waals surface area contributed by atoms with Crippen LogP contribution in [-0.4, -0.2) is 104 Å². The Morgan fingerprint density at radius 2 is 1.56 bits per heavy atom. The molecule has 0 aromatic heterocycles. The molecule has 0 atom stereocenters. The third-order valence-electron chi connectivity index (χ3n) is 6.14. The van der Waals surface area contributed by atoms with Crippen LogP contribution in [0.25, 0.3) is 0 Å². The van der Waals surface area contributed by atoms with E-state index in [0.717, 1.165) is 63.6 Å². The largest absolute Gasteiger partial charge is 0.347 e. The van der Waals surface area contributed by atoms with E-state index in [4.69, 9.17) is 4.99 Å². The summed E-state index contributed by atoms with van der Waals surface area (Å²) >= 11 is 0. The maximum atomic E-state index is 12.7. The van der Waals surface area contributed by atoms with E-state index in [1.807, 2.05) is 23.1 Å². The van der Waals surface area contributed by atoms with Crippen LogP contribution in [0.3, 0.4) is 0 Å². The average Bonchev–Trinajstić information content (AvgIpc) is 3.10. The van der Waals surface area contributed by atoms with Gasteiger partial charge in [0.15, 0.2) is 5.96 Å². The Morgan fingerprint density at radius 1 is 0.906 bits per heavy atom. The maximum absolute atomic E-state index is 12.7. The van der Waals surface area contributed by atoms with Gasteiger partial charge in [0, 0.05) is 53.4 Å². The molecule has 0 unspecified atom stereocenters. The molecule has 0 saturated carbocycles. The number of piperazine rings is 1. The van der Waals surface area contributed by atoms with Crippen LogP contribution in [0, 0.1) is 0 Å². The van der Waals surface area contributed by atoms with E-state index in [0.29, 0.717) is 13.1 Å². The van der Waals surface area contributed by atoms with Gasteiger partial charge in [-0.1, -0.05) is 43.2 Å². The molecule has 2 aliphatic rings. The Hall–Kier alpha value is -2.61. The number of guanidine groups is 1. The summed E-state index contributed by atoms with van der Waals surface area (Å²) in [6, 6.07) is 10.1. The van der Waals surface area contributed by atoms with E-state index in [2.05, 4.69) is 27.2 Å². The SMILES string of the molecule is CN(C)C(=O)CNC(=NCc1ccccc1)N1CCN(CC(=O)N2CCCCCC2)CC1. The highest BCUT2D eigenvalue weighted by Crippen LogP contribution is 2.11. The van der Waals surface area contributed by atoms with Crippen LogP contribution in [0.15, 0.2) is 35.3 Å². The number of amides is 2. The van der Waals surface area contributed by atoms with Crippen molar-refractivity contribution in [3.8, 4) is 0 Å². The lowest BCUT2D eigenvalue weighted by atomic mass is 10.2. The number of hydrogen-bond donors (Lipinski definition) is 1. The molecular weight excluding hydrogens is 404 g/mol. The molecule has 8 nitrogen and oxygen atoms in total. The molecule has 0 spiro atoms. The molecule has 0 bridgehead atoms. The van der Waals surface area contributed by atoms with Gasteiger partial charge in [-0.25, -0.2) is 4.99 Å². The van der Waals surface area contributed by atoms with Crippen LogP contribution in [0.4, 0.5) is 0 Å². The fraction of sp³-hybridized carbons (Fsp3) is 0.625. The number of likely N-dealkylation sites (N-methyl/N-ethyl adjacent to an activating group) is 1. The molecule has 2 heterocycles. The molecule has 2 aliphatic heterocycles. The lowest BCUT2D eigenvalue weighted by Crippen LogP contribution is -2.55. The first kappa shape index (κ1) is 24.0. The van der Waals surface area contributed by atoms with Gasteiger partial charge >= 0.3 is 0 Å². The molecule has 32 heavy (non-hydrogen) atoms. The van der Waals surface area contributed by atoms with Crippen LogP contribution in [-0.2, 0) is 16.1 Å². The summed E-state index contributed by atoms with van der Waals surface area (Å²) in [4.78, 5) is 37.7. The fourth-order valence-electron chi connectivity index (χ4n) is 4.06. The summed E-state index contributed by atoms with van der Waals surface area (Å²) in [6.07, 6.45) is 4.71. The number of carbonyl (C=O) groups is 2. The zero-order chi connectivity index (χ0) is 22.8. The van der Waals surface area contributed by atoms with E-state index < -0.39 is 0 Å². The van der Waals surface area contributed by atoms with E-state index in [9.17, 15) is 9.59 Å². The second kappa shape index (κ2) is 12.4. The van der Waals surface area contributed by atoms with Gasteiger partial charge in [-0.2, -0.15) is 0 Å².